The van der Waals surface area contributed by atoms with Gasteiger partial charge in [-0.2, -0.15) is 0 Å². The molecule has 4 N–H and O–H groups in total. The van der Waals surface area contributed by atoms with Gasteiger partial charge in [0.2, 0.25) is 5.95 Å². The van der Waals surface area contributed by atoms with Crippen LogP contribution < -0.4 is 11.1 Å². The lowest BCUT2D eigenvalue weighted by molar-refractivity contribution is 0.461. The molecule has 6 heteroatoms. The maximum Gasteiger partial charge on any atom is 0.240 e. The number of nitrogens with two attached hydrogens (primary N) is 1. The fourth-order valence-electron chi connectivity index (χ4n) is 2.86. The average Bonchev–Trinajstić information content (AvgIpc) is 3.08. The third kappa shape index (κ3) is 2.73. The summed E-state index contributed by atoms with van der Waals surface area (Å²) in [4.78, 5) is 0. The van der Waals surface area contributed by atoms with E-state index in [1.807, 2.05) is 6.07 Å². The van der Waals surface area contributed by atoms with E-state index in [2.05, 4.69) is 50.2 Å². The lowest BCUT2D eigenvalue weighted by atomic mass is 9.91. The second-order valence-corrected chi connectivity index (χ2v) is 5.12. The molecule has 3 atom stereocenters. The number of benzene rings is 1. The Morgan fingerprint density at radius 2 is 2.11 bits per heavy atom. The first-order valence-electron chi connectivity index (χ1n) is 6.63. The quantitative estimate of drug-likeness (QED) is 0.772. The number of H-pyrrole nitrogens is 1. The van der Waals surface area contributed by atoms with Crippen LogP contribution >= 0.6 is 0 Å². The predicted octanol–water partition coefficient (Wildman–Crippen LogP) is 1.48. The molecule has 3 rings (SSSR count). The van der Waals surface area contributed by atoms with E-state index in [9.17, 15) is 0 Å². The molecule has 1 aromatic carbocycles. The fourth-order valence-corrected chi connectivity index (χ4v) is 2.86. The zero-order valence-electron chi connectivity index (χ0n) is 10.7. The van der Waals surface area contributed by atoms with Gasteiger partial charge in [0.1, 0.15) is 0 Å². The van der Waals surface area contributed by atoms with Gasteiger partial charge < -0.3 is 11.1 Å². The molecule has 1 fully saturated rings. The second-order valence-electron chi connectivity index (χ2n) is 5.12. The van der Waals surface area contributed by atoms with Crippen molar-refractivity contribution in [2.24, 2.45) is 11.7 Å². The molecular formula is C13H18N6. The van der Waals surface area contributed by atoms with Crippen LogP contribution in [0.2, 0.25) is 0 Å². The first-order valence-corrected chi connectivity index (χ1v) is 6.63. The zero-order valence-corrected chi connectivity index (χ0v) is 10.7. The van der Waals surface area contributed by atoms with Crippen molar-refractivity contribution >= 4 is 5.95 Å². The van der Waals surface area contributed by atoms with Crippen molar-refractivity contribution in [3.05, 3.63) is 35.9 Å². The van der Waals surface area contributed by atoms with Crippen LogP contribution in [0.3, 0.4) is 0 Å². The molecule has 0 amide bonds. The Morgan fingerprint density at radius 3 is 2.74 bits per heavy atom. The Balaban J connectivity index is 1.83. The summed E-state index contributed by atoms with van der Waals surface area (Å²) in [5, 5.41) is 17.3. The van der Waals surface area contributed by atoms with Crippen LogP contribution in [0.5, 0.6) is 0 Å². The van der Waals surface area contributed by atoms with Gasteiger partial charge >= 0.3 is 0 Å². The van der Waals surface area contributed by atoms with Crippen molar-refractivity contribution in [1.29, 1.82) is 0 Å². The summed E-state index contributed by atoms with van der Waals surface area (Å²) in [6, 6.07) is 10.9. The monoisotopic (exact) mass is 258 g/mol. The number of nitrogens with one attached hydrogen (secondary N) is 2. The molecule has 1 aliphatic carbocycles. The van der Waals surface area contributed by atoms with E-state index in [-0.39, 0.29) is 6.04 Å². The number of aromatic amines is 1. The van der Waals surface area contributed by atoms with Crippen molar-refractivity contribution in [1.82, 2.24) is 20.6 Å². The van der Waals surface area contributed by atoms with Crippen molar-refractivity contribution < 1.29 is 0 Å². The molecule has 1 aliphatic rings. The molecule has 0 saturated heterocycles. The summed E-state index contributed by atoms with van der Waals surface area (Å²) in [7, 11) is 0. The maximum atomic E-state index is 6.04. The van der Waals surface area contributed by atoms with Crippen molar-refractivity contribution in [2.75, 3.05) is 5.32 Å². The molecule has 0 radical (unpaired) electrons. The number of nitrogens with zero attached hydrogens (tertiary/aromatic N) is 3. The number of tetrazole rings is 1. The maximum absolute atomic E-state index is 6.04. The molecular weight excluding hydrogens is 240 g/mol. The van der Waals surface area contributed by atoms with Crippen molar-refractivity contribution in [2.45, 2.75) is 31.3 Å². The predicted molar refractivity (Wildman–Crippen MR) is 72.3 cm³/mol. The number of aromatic nitrogens is 4. The highest BCUT2D eigenvalue weighted by molar-refractivity contribution is 5.31. The van der Waals surface area contributed by atoms with Gasteiger partial charge in [0.15, 0.2) is 0 Å². The standard InChI is InChI=1S/C13H18N6/c14-11-7-6-10(8-11)12(9-4-2-1-3-5-9)15-13-16-18-19-17-13/h1-5,10-12H,6-8,14H2,(H2,15,16,17,18,19)/t10-,11+,12?/m0/s1. The van der Waals surface area contributed by atoms with Crippen molar-refractivity contribution in [3.8, 4) is 0 Å². The minimum absolute atomic E-state index is 0.199. The number of hydrogen-bond acceptors (Lipinski definition) is 5. The van der Waals surface area contributed by atoms with Crippen LogP contribution in [0.4, 0.5) is 5.95 Å². The van der Waals surface area contributed by atoms with Crippen LogP contribution in [0.1, 0.15) is 30.9 Å². The van der Waals surface area contributed by atoms with Gasteiger partial charge in [-0.3, -0.25) is 0 Å². The SMILES string of the molecule is N[C@@H]1CC[C@H](C(Nc2nnn[nH]2)c2ccccc2)C1. The van der Waals surface area contributed by atoms with E-state index >= 15 is 0 Å². The first-order chi connectivity index (χ1) is 9.33. The number of anilines is 1. The highest BCUT2D eigenvalue weighted by Crippen LogP contribution is 2.36. The highest BCUT2D eigenvalue weighted by Gasteiger charge is 2.30. The van der Waals surface area contributed by atoms with E-state index in [1.54, 1.807) is 0 Å². The summed E-state index contributed by atoms with van der Waals surface area (Å²) >= 11 is 0. The van der Waals surface area contributed by atoms with Crippen LogP contribution in [-0.2, 0) is 0 Å². The molecule has 0 spiro atoms. The zero-order chi connectivity index (χ0) is 13.1. The summed E-state index contributed by atoms with van der Waals surface area (Å²) in [5.74, 6) is 1.12. The molecule has 1 saturated carbocycles. The molecule has 1 aromatic heterocycles. The Hall–Kier alpha value is -1.95. The molecule has 2 aromatic rings. The van der Waals surface area contributed by atoms with Crippen molar-refractivity contribution in [3.63, 3.8) is 0 Å². The Kier molecular flexibility index (Phi) is 3.41. The van der Waals surface area contributed by atoms with Gasteiger partial charge in [-0.25, -0.2) is 5.10 Å². The molecule has 0 bridgehead atoms. The molecule has 19 heavy (non-hydrogen) atoms. The first kappa shape index (κ1) is 12.1. The van der Waals surface area contributed by atoms with Gasteiger partial charge in [0.25, 0.3) is 0 Å². The Bertz CT molecular complexity index is 497. The molecule has 6 nitrogen and oxygen atoms in total. The minimum Gasteiger partial charge on any atom is -0.346 e. The topological polar surface area (TPSA) is 92.5 Å². The van der Waals surface area contributed by atoms with Gasteiger partial charge in [-0.15, -0.1) is 0 Å². The molecule has 1 unspecified atom stereocenters. The lowest BCUT2D eigenvalue weighted by Gasteiger charge is -2.24. The number of hydrogen-bond donors (Lipinski definition) is 3. The van der Waals surface area contributed by atoms with Gasteiger partial charge in [-0.05, 0) is 41.2 Å². The highest BCUT2D eigenvalue weighted by atomic mass is 15.5. The Morgan fingerprint density at radius 1 is 1.26 bits per heavy atom. The summed E-state index contributed by atoms with van der Waals surface area (Å²) in [6.07, 6.45) is 3.26. The average molecular weight is 258 g/mol. The van der Waals surface area contributed by atoms with Crippen LogP contribution in [0, 0.1) is 5.92 Å². The third-order valence-corrected chi connectivity index (χ3v) is 3.78. The Labute approximate surface area is 111 Å². The van der Waals surface area contributed by atoms with Gasteiger partial charge in [0, 0.05) is 6.04 Å². The van der Waals surface area contributed by atoms with E-state index in [0.717, 1.165) is 19.3 Å². The normalized spacial score (nSPS) is 24.3. The van der Waals surface area contributed by atoms with Crippen LogP contribution in [-0.4, -0.2) is 26.7 Å². The largest absolute Gasteiger partial charge is 0.346 e. The molecule has 0 aliphatic heterocycles. The lowest BCUT2D eigenvalue weighted by Crippen LogP contribution is -2.22. The minimum atomic E-state index is 0.199. The summed E-state index contributed by atoms with van der Waals surface area (Å²) in [5.41, 5.74) is 7.29. The van der Waals surface area contributed by atoms with E-state index in [4.69, 9.17) is 5.73 Å². The van der Waals surface area contributed by atoms with E-state index in [0.29, 0.717) is 17.9 Å². The van der Waals surface area contributed by atoms with Gasteiger partial charge in [-0.1, -0.05) is 35.4 Å². The smallest absolute Gasteiger partial charge is 0.240 e. The van der Waals surface area contributed by atoms with Crippen LogP contribution in [0.15, 0.2) is 30.3 Å². The third-order valence-electron chi connectivity index (χ3n) is 3.78. The summed E-state index contributed by atoms with van der Waals surface area (Å²) in [6.45, 7) is 0. The van der Waals surface area contributed by atoms with Crippen LogP contribution in [0.25, 0.3) is 0 Å². The van der Waals surface area contributed by atoms with Gasteiger partial charge in [0.05, 0.1) is 6.04 Å². The molecule has 100 valence electrons. The molecule has 1 heterocycles. The fraction of sp³-hybridized carbons (Fsp3) is 0.462. The summed E-state index contributed by atoms with van der Waals surface area (Å²) < 4.78 is 0. The van der Waals surface area contributed by atoms with E-state index in [1.165, 1.54) is 5.56 Å². The number of rotatable bonds is 4. The van der Waals surface area contributed by atoms with E-state index < -0.39 is 0 Å². The second kappa shape index (κ2) is 5.36.